The van der Waals surface area contributed by atoms with Gasteiger partial charge in [-0.3, -0.25) is 0 Å². The number of fused-ring (bicyclic) bond motifs is 3. The molecule has 0 amide bonds. The molecule has 1 fully saturated rings. The van der Waals surface area contributed by atoms with Crippen LogP contribution in [0.25, 0.3) is 20.4 Å². The van der Waals surface area contributed by atoms with Crippen molar-refractivity contribution < 1.29 is 0 Å². The van der Waals surface area contributed by atoms with E-state index in [4.69, 9.17) is 0 Å². The van der Waals surface area contributed by atoms with Crippen LogP contribution >= 0.6 is 11.3 Å². The molecule has 0 atom stereocenters. The fourth-order valence-corrected chi connectivity index (χ4v) is 4.32. The SMILES string of the molecule is Cc1nc(C)c2c(n1)sc1c(NC3CCCC3)ncnc12. The van der Waals surface area contributed by atoms with Gasteiger partial charge in [0.1, 0.15) is 22.8 Å². The van der Waals surface area contributed by atoms with Gasteiger partial charge in [0.15, 0.2) is 0 Å². The Hall–Kier alpha value is -1.82. The zero-order chi connectivity index (χ0) is 14.4. The predicted molar refractivity (Wildman–Crippen MR) is 85.9 cm³/mol. The summed E-state index contributed by atoms with van der Waals surface area (Å²) >= 11 is 1.66. The Kier molecular flexibility index (Phi) is 2.99. The monoisotopic (exact) mass is 299 g/mol. The molecule has 3 heterocycles. The zero-order valence-electron chi connectivity index (χ0n) is 12.2. The normalized spacial score (nSPS) is 16.1. The van der Waals surface area contributed by atoms with E-state index in [9.17, 15) is 0 Å². The fraction of sp³-hybridized carbons (Fsp3) is 0.467. The van der Waals surface area contributed by atoms with E-state index in [0.717, 1.165) is 37.8 Å². The van der Waals surface area contributed by atoms with Gasteiger partial charge in [-0.05, 0) is 26.7 Å². The summed E-state index contributed by atoms with van der Waals surface area (Å²) < 4.78 is 1.10. The molecule has 6 heteroatoms. The minimum atomic E-state index is 0.544. The first-order valence-corrected chi connectivity index (χ1v) is 8.19. The molecule has 3 aromatic heterocycles. The van der Waals surface area contributed by atoms with Crippen LogP contribution in [0.2, 0.25) is 0 Å². The number of nitrogens with zero attached hydrogens (tertiary/aromatic N) is 4. The van der Waals surface area contributed by atoms with Crippen LogP contribution in [0, 0.1) is 13.8 Å². The van der Waals surface area contributed by atoms with Gasteiger partial charge >= 0.3 is 0 Å². The topological polar surface area (TPSA) is 63.6 Å². The number of rotatable bonds is 2. The van der Waals surface area contributed by atoms with Gasteiger partial charge < -0.3 is 5.32 Å². The van der Waals surface area contributed by atoms with Crippen LogP contribution in [-0.2, 0) is 0 Å². The van der Waals surface area contributed by atoms with Gasteiger partial charge in [0.05, 0.1) is 21.3 Å². The number of nitrogens with one attached hydrogen (secondary N) is 1. The number of hydrogen-bond donors (Lipinski definition) is 1. The molecule has 0 aromatic carbocycles. The molecule has 3 aromatic rings. The molecule has 1 aliphatic carbocycles. The van der Waals surface area contributed by atoms with E-state index in [-0.39, 0.29) is 0 Å². The number of aromatic nitrogens is 4. The Morgan fingerprint density at radius 3 is 2.76 bits per heavy atom. The van der Waals surface area contributed by atoms with Crippen molar-refractivity contribution in [2.75, 3.05) is 5.32 Å². The lowest BCUT2D eigenvalue weighted by Gasteiger charge is -2.12. The first-order valence-electron chi connectivity index (χ1n) is 7.37. The van der Waals surface area contributed by atoms with E-state index < -0.39 is 0 Å². The molecule has 21 heavy (non-hydrogen) atoms. The van der Waals surface area contributed by atoms with Crippen LogP contribution in [0.3, 0.4) is 0 Å². The molecule has 1 aliphatic rings. The van der Waals surface area contributed by atoms with E-state index in [2.05, 4.69) is 25.3 Å². The third-order valence-electron chi connectivity index (χ3n) is 4.10. The van der Waals surface area contributed by atoms with Gasteiger partial charge in [-0.1, -0.05) is 12.8 Å². The molecule has 108 valence electrons. The average Bonchev–Trinajstić information content (AvgIpc) is 3.05. The Bertz CT molecular complexity index is 820. The minimum Gasteiger partial charge on any atom is -0.366 e. The third-order valence-corrected chi connectivity index (χ3v) is 5.18. The Morgan fingerprint density at radius 1 is 1.14 bits per heavy atom. The molecule has 0 bridgehead atoms. The molecule has 0 spiro atoms. The van der Waals surface area contributed by atoms with Crippen LogP contribution in [0.5, 0.6) is 0 Å². The van der Waals surface area contributed by atoms with E-state index in [1.165, 1.54) is 25.7 Å². The van der Waals surface area contributed by atoms with Crippen LogP contribution in [0.4, 0.5) is 5.82 Å². The van der Waals surface area contributed by atoms with E-state index in [0.29, 0.717) is 6.04 Å². The number of aryl methyl sites for hydroxylation is 2. The van der Waals surface area contributed by atoms with Gasteiger partial charge in [0, 0.05) is 6.04 Å². The van der Waals surface area contributed by atoms with Gasteiger partial charge in [-0.2, -0.15) is 0 Å². The molecule has 0 radical (unpaired) electrons. The van der Waals surface area contributed by atoms with Crippen molar-refractivity contribution in [3.05, 3.63) is 17.8 Å². The maximum Gasteiger partial charge on any atom is 0.147 e. The van der Waals surface area contributed by atoms with Crippen molar-refractivity contribution in [3.8, 4) is 0 Å². The predicted octanol–water partition coefficient (Wildman–Crippen LogP) is 3.61. The van der Waals surface area contributed by atoms with Crippen molar-refractivity contribution >= 4 is 37.6 Å². The highest BCUT2D eigenvalue weighted by molar-refractivity contribution is 7.26. The molecule has 1 N–H and O–H groups in total. The summed E-state index contributed by atoms with van der Waals surface area (Å²) in [6.07, 6.45) is 6.72. The van der Waals surface area contributed by atoms with Crippen molar-refractivity contribution in [1.82, 2.24) is 19.9 Å². The summed E-state index contributed by atoms with van der Waals surface area (Å²) in [5, 5.41) is 4.66. The Morgan fingerprint density at radius 2 is 1.95 bits per heavy atom. The molecule has 0 saturated heterocycles. The Labute approximate surface area is 126 Å². The third kappa shape index (κ3) is 2.14. The van der Waals surface area contributed by atoms with Crippen molar-refractivity contribution in [1.29, 1.82) is 0 Å². The summed E-state index contributed by atoms with van der Waals surface area (Å²) in [6.45, 7) is 3.95. The Balaban J connectivity index is 1.90. The molecular weight excluding hydrogens is 282 g/mol. The average molecular weight is 299 g/mol. The maximum absolute atomic E-state index is 4.56. The molecule has 5 nitrogen and oxygen atoms in total. The van der Waals surface area contributed by atoms with Crippen molar-refractivity contribution in [2.45, 2.75) is 45.6 Å². The van der Waals surface area contributed by atoms with Crippen LogP contribution in [0.1, 0.15) is 37.2 Å². The standard InChI is InChI=1S/C15H17N5S/c1-8-11-12-13(21-15(11)19-9(2)18-8)14(17-7-16-12)20-10-5-3-4-6-10/h7,10H,3-6H2,1-2H3,(H,16,17,20). The van der Waals surface area contributed by atoms with E-state index in [1.807, 2.05) is 13.8 Å². The molecule has 4 rings (SSSR count). The molecule has 1 saturated carbocycles. The summed E-state index contributed by atoms with van der Waals surface area (Å²) in [5.41, 5.74) is 1.97. The highest BCUT2D eigenvalue weighted by Crippen LogP contribution is 2.36. The van der Waals surface area contributed by atoms with Gasteiger partial charge in [-0.15, -0.1) is 11.3 Å². The van der Waals surface area contributed by atoms with Crippen molar-refractivity contribution in [3.63, 3.8) is 0 Å². The second-order valence-corrected chi connectivity index (χ2v) is 6.66. The van der Waals surface area contributed by atoms with Gasteiger partial charge in [-0.25, -0.2) is 19.9 Å². The second kappa shape index (κ2) is 4.87. The quantitative estimate of drug-likeness (QED) is 0.783. The first-order chi connectivity index (χ1) is 10.2. The zero-order valence-corrected chi connectivity index (χ0v) is 13.0. The lowest BCUT2D eigenvalue weighted by molar-refractivity contribution is 0.752. The van der Waals surface area contributed by atoms with E-state index in [1.54, 1.807) is 17.7 Å². The van der Waals surface area contributed by atoms with Crippen LogP contribution in [0.15, 0.2) is 6.33 Å². The summed E-state index contributed by atoms with van der Waals surface area (Å²) in [6, 6.07) is 0.544. The van der Waals surface area contributed by atoms with Crippen LogP contribution < -0.4 is 5.32 Å². The fourth-order valence-electron chi connectivity index (χ4n) is 3.14. The maximum atomic E-state index is 4.56. The highest BCUT2D eigenvalue weighted by Gasteiger charge is 2.19. The largest absolute Gasteiger partial charge is 0.366 e. The number of hydrogen-bond acceptors (Lipinski definition) is 6. The minimum absolute atomic E-state index is 0.544. The summed E-state index contributed by atoms with van der Waals surface area (Å²) in [7, 11) is 0. The number of thiophene rings is 1. The lowest BCUT2D eigenvalue weighted by Crippen LogP contribution is -2.15. The summed E-state index contributed by atoms with van der Waals surface area (Å²) in [5.74, 6) is 1.76. The summed E-state index contributed by atoms with van der Waals surface area (Å²) in [4.78, 5) is 19.0. The van der Waals surface area contributed by atoms with Gasteiger partial charge in [0.2, 0.25) is 0 Å². The molecule has 0 aliphatic heterocycles. The van der Waals surface area contributed by atoms with E-state index >= 15 is 0 Å². The molecular formula is C15H17N5S. The van der Waals surface area contributed by atoms with Crippen LogP contribution in [-0.4, -0.2) is 26.0 Å². The smallest absolute Gasteiger partial charge is 0.147 e. The highest BCUT2D eigenvalue weighted by atomic mass is 32.1. The number of anilines is 1. The lowest BCUT2D eigenvalue weighted by atomic mass is 10.2. The second-order valence-electron chi connectivity index (χ2n) is 5.66. The van der Waals surface area contributed by atoms with Crippen molar-refractivity contribution in [2.24, 2.45) is 0 Å². The molecule has 0 unspecified atom stereocenters. The first kappa shape index (κ1) is 12.9. The van der Waals surface area contributed by atoms with Gasteiger partial charge in [0.25, 0.3) is 0 Å².